The van der Waals surface area contributed by atoms with Gasteiger partial charge in [0.15, 0.2) is 0 Å². The number of carboxylic acids is 1. The van der Waals surface area contributed by atoms with Crippen LogP contribution in [-0.2, 0) is 4.79 Å². The van der Waals surface area contributed by atoms with Crippen LogP contribution in [0.2, 0.25) is 0 Å². The molecule has 0 unspecified atom stereocenters. The Morgan fingerprint density at radius 1 is 1.47 bits per heavy atom. The molecule has 1 N–H and O–H groups in total. The Morgan fingerprint density at radius 2 is 1.93 bits per heavy atom. The third kappa shape index (κ3) is 3.68. The van der Waals surface area contributed by atoms with Crippen LogP contribution in [0.25, 0.3) is 0 Å². The molecular weight excluding hydrogens is 188 g/mol. The summed E-state index contributed by atoms with van der Waals surface area (Å²) in [6.45, 7) is 1.83. The van der Waals surface area contributed by atoms with Gasteiger partial charge in [0.1, 0.15) is 0 Å². The second kappa shape index (κ2) is 6.14. The Hall–Kier alpha value is -1.41. The van der Waals surface area contributed by atoms with Crippen LogP contribution in [0, 0.1) is 36.5 Å². The van der Waals surface area contributed by atoms with Gasteiger partial charge in [-0.05, 0) is 38.5 Å². The van der Waals surface area contributed by atoms with Crippen LogP contribution in [0.3, 0.4) is 0 Å². The van der Waals surface area contributed by atoms with E-state index in [-0.39, 0.29) is 0 Å². The van der Waals surface area contributed by atoms with Crippen molar-refractivity contribution in [3.05, 3.63) is 0 Å². The van der Waals surface area contributed by atoms with E-state index in [4.69, 9.17) is 11.5 Å². The number of hydrogen-bond acceptors (Lipinski definition) is 1. The summed E-state index contributed by atoms with van der Waals surface area (Å²) in [6.07, 6.45) is 17.5. The Bertz CT molecular complexity index is 262. The molecule has 0 aromatic heterocycles. The maximum absolute atomic E-state index is 10.9. The standard InChI is InChI=1S/C11H16O2.C2H2/c1-3-4-9-5-7-11(2,8-6-9)10(12)13;1-2/h1,9H,4-8H2,2H3,(H,12,13);1-2H. The quantitative estimate of drug-likeness (QED) is 0.705. The maximum atomic E-state index is 10.9. The highest BCUT2D eigenvalue weighted by Crippen LogP contribution is 2.39. The Morgan fingerprint density at radius 3 is 2.27 bits per heavy atom. The average molecular weight is 206 g/mol. The number of hydrogen-bond donors (Lipinski definition) is 1. The van der Waals surface area contributed by atoms with Crippen molar-refractivity contribution in [2.75, 3.05) is 0 Å². The van der Waals surface area contributed by atoms with Gasteiger partial charge >= 0.3 is 5.97 Å². The molecule has 82 valence electrons. The minimum absolute atomic E-state index is 0.495. The fourth-order valence-electron chi connectivity index (χ4n) is 1.90. The molecule has 0 atom stereocenters. The molecule has 2 nitrogen and oxygen atoms in total. The smallest absolute Gasteiger partial charge is 0.309 e. The first-order chi connectivity index (χ1) is 7.08. The summed E-state index contributed by atoms with van der Waals surface area (Å²) in [5, 5.41) is 8.97. The number of rotatable bonds is 2. The van der Waals surface area contributed by atoms with Crippen molar-refractivity contribution >= 4 is 5.97 Å². The van der Waals surface area contributed by atoms with Crippen molar-refractivity contribution in [2.24, 2.45) is 11.3 Å². The topological polar surface area (TPSA) is 37.3 Å². The number of carboxylic acid groups (broad SMARTS) is 1. The molecule has 0 spiro atoms. The molecule has 0 aromatic rings. The van der Waals surface area contributed by atoms with Gasteiger partial charge in [0.2, 0.25) is 0 Å². The first-order valence-electron chi connectivity index (χ1n) is 5.09. The fraction of sp³-hybridized carbons (Fsp3) is 0.615. The van der Waals surface area contributed by atoms with E-state index in [1.165, 1.54) is 0 Å². The lowest BCUT2D eigenvalue weighted by Crippen LogP contribution is -2.32. The predicted molar refractivity (Wildman–Crippen MR) is 61.0 cm³/mol. The number of carbonyl (C=O) groups is 1. The SMILES string of the molecule is C#C.C#CCC1CCC(C)(C(=O)O)CC1. The van der Waals surface area contributed by atoms with E-state index in [0.717, 1.165) is 32.1 Å². The zero-order valence-electron chi connectivity index (χ0n) is 9.20. The first kappa shape index (κ1) is 13.6. The lowest BCUT2D eigenvalue weighted by Gasteiger charge is -2.33. The van der Waals surface area contributed by atoms with E-state index in [9.17, 15) is 4.79 Å². The molecule has 15 heavy (non-hydrogen) atoms. The average Bonchev–Trinajstić information content (AvgIpc) is 2.25. The molecule has 0 bridgehead atoms. The molecule has 0 aliphatic heterocycles. The zero-order valence-corrected chi connectivity index (χ0v) is 9.20. The molecule has 0 aromatic carbocycles. The Labute approximate surface area is 92.1 Å². The van der Waals surface area contributed by atoms with Crippen LogP contribution in [0.15, 0.2) is 0 Å². The van der Waals surface area contributed by atoms with Gasteiger partial charge < -0.3 is 5.11 Å². The largest absolute Gasteiger partial charge is 0.481 e. The molecule has 1 saturated carbocycles. The van der Waals surface area contributed by atoms with E-state index in [1.54, 1.807) is 0 Å². The van der Waals surface area contributed by atoms with E-state index >= 15 is 0 Å². The number of aliphatic carboxylic acids is 1. The van der Waals surface area contributed by atoms with Gasteiger partial charge in [-0.2, -0.15) is 0 Å². The van der Waals surface area contributed by atoms with Crippen molar-refractivity contribution in [3.63, 3.8) is 0 Å². The van der Waals surface area contributed by atoms with Gasteiger partial charge in [0, 0.05) is 6.42 Å². The summed E-state index contributed by atoms with van der Waals surface area (Å²) in [6, 6.07) is 0. The predicted octanol–water partition coefficient (Wildman–Crippen LogP) is 2.54. The van der Waals surface area contributed by atoms with Gasteiger partial charge in [-0.15, -0.1) is 25.2 Å². The Kier molecular flexibility index (Phi) is 5.57. The van der Waals surface area contributed by atoms with E-state index in [1.807, 2.05) is 6.92 Å². The molecule has 0 amide bonds. The zero-order chi connectivity index (χ0) is 11.9. The fourth-order valence-corrected chi connectivity index (χ4v) is 1.90. The van der Waals surface area contributed by atoms with Gasteiger partial charge in [-0.25, -0.2) is 0 Å². The molecule has 0 radical (unpaired) electrons. The van der Waals surface area contributed by atoms with Crippen molar-refractivity contribution in [1.82, 2.24) is 0 Å². The molecule has 1 fully saturated rings. The van der Waals surface area contributed by atoms with Gasteiger partial charge in [-0.3, -0.25) is 4.79 Å². The summed E-state index contributed by atoms with van der Waals surface area (Å²) in [5.74, 6) is 2.54. The maximum Gasteiger partial charge on any atom is 0.309 e. The van der Waals surface area contributed by atoms with E-state index in [2.05, 4.69) is 18.8 Å². The Balaban J connectivity index is 0.000000921. The first-order valence-corrected chi connectivity index (χ1v) is 5.09. The minimum atomic E-state index is -0.661. The normalized spacial score (nSPS) is 29.3. The lowest BCUT2D eigenvalue weighted by atomic mass is 9.71. The molecule has 0 saturated heterocycles. The molecule has 0 heterocycles. The van der Waals surface area contributed by atoms with Gasteiger partial charge in [0.05, 0.1) is 5.41 Å². The summed E-state index contributed by atoms with van der Waals surface area (Å²) >= 11 is 0. The minimum Gasteiger partial charge on any atom is -0.481 e. The van der Waals surface area contributed by atoms with Crippen LogP contribution in [0.4, 0.5) is 0 Å². The number of terminal acetylenes is 2. The summed E-state index contributed by atoms with van der Waals surface area (Å²) in [4.78, 5) is 10.9. The third-order valence-electron chi connectivity index (χ3n) is 3.13. The summed E-state index contributed by atoms with van der Waals surface area (Å²) < 4.78 is 0. The van der Waals surface area contributed by atoms with Crippen molar-refractivity contribution < 1.29 is 9.90 Å². The van der Waals surface area contributed by atoms with Gasteiger partial charge in [-0.1, -0.05) is 0 Å². The second-order valence-electron chi connectivity index (χ2n) is 4.22. The van der Waals surface area contributed by atoms with Crippen molar-refractivity contribution in [3.8, 4) is 25.2 Å². The highest BCUT2D eigenvalue weighted by Gasteiger charge is 2.36. The molecule has 1 aliphatic carbocycles. The van der Waals surface area contributed by atoms with Crippen molar-refractivity contribution in [2.45, 2.75) is 39.0 Å². The van der Waals surface area contributed by atoms with Crippen molar-refractivity contribution in [1.29, 1.82) is 0 Å². The van der Waals surface area contributed by atoms with Crippen LogP contribution in [0.5, 0.6) is 0 Å². The second-order valence-corrected chi connectivity index (χ2v) is 4.22. The van der Waals surface area contributed by atoms with Crippen LogP contribution in [-0.4, -0.2) is 11.1 Å². The molecule has 1 aliphatic rings. The van der Waals surface area contributed by atoms with Gasteiger partial charge in [0.25, 0.3) is 0 Å². The molecule has 2 heteroatoms. The molecular formula is C13H18O2. The highest BCUT2D eigenvalue weighted by molar-refractivity contribution is 5.74. The summed E-state index contributed by atoms with van der Waals surface area (Å²) in [5.41, 5.74) is -0.495. The van der Waals surface area contributed by atoms with E-state index in [0.29, 0.717) is 5.92 Å². The van der Waals surface area contributed by atoms with Crippen LogP contribution < -0.4 is 0 Å². The lowest BCUT2D eigenvalue weighted by molar-refractivity contribution is -0.150. The molecule has 1 rings (SSSR count). The van der Waals surface area contributed by atoms with E-state index < -0.39 is 11.4 Å². The third-order valence-corrected chi connectivity index (χ3v) is 3.13. The monoisotopic (exact) mass is 206 g/mol. The van der Waals surface area contributed by atoms with Crippen LogP contribution in [0.1, 0.15) is 39.0 Å². The van der Waals surface area contributed by atoms with Crippen LogP contribution >= 0.6 is 0 Å². The highest BCUT2D eigenvalue weighted by atomic mass is 16.4. The summed E-state index contributed by atoms with van der Waals surface area (Å²) in [7, 11) is 0.